The fourth-order valence-corrected chi connectivity index (χ4v) is 2.80. The van der Waals surface area contributed by atoms with Crippen LogP contribution in [0.3, 0.4) is 0 Å². The molecule has 2 aromatic carbocycles. The zero-order valence-electron chi connectivity index (χ0n) is 10.2. The lowest BCUT2D eigenvalue weighted by Crippen LogP contribution is -1.97. The molecule has 0 aliphatic carbocycles. The number of nitrogens with two attached hydrogens (primary N) is 1. The summed E-state index contributed by atoms with van der Waals surface area (Å²) in [6, 6.07) is 10.0. The van der Waals surface area contributed by atoms with Crippen LogP contribution in [-0.2, 0) is 13.0 Å². The van der Waals surface area contributed by atoms with Crippen LogP contribution in [0.2, 0.25) is 5.02 Å². The van der Waals surface area contributed by atoms with Crippen molar-refractivity contribution >= 4 is 33.3 Å². The summed E-state index contributed by atoms with van der Waals surface area (Å²) in [5, 5.41) is 3.92. The molecule has 2 nitrogen and oxygen atoms in total. The van der Waals surface area contributed by atoms with E-state index in [9.17, 15) is 0 Å². The molecular weight excluding hydrogens is 246 g/mol. The minimum atomic E-state index is 0.420. The molecule has 1 aromatic heterocycles. The lowest BCUT2D eigenvalue weighted by Gasteiger charge is -2.01. The number of hydrogen-bond donors (Lipinski definition) is 1. The van der Waals surface area contributed by atoms with Crippen LogP contribution in [0.25, 0.3) is 21.7 Å². The first-order chi connectivity index (χ1) is 8.76. The fraction of sp³-hybridized carbons (Fsp3) is 0.200. The predicted molar refractivity (Wildman–Crippen MR) is 76.0 cm³/mol. The molecule has 18 heavy (non-hydrogen) atoms. The molecule has 0 saturated heterocycles. The average molecular weight is 260 g/mol. The second kappa shape index (κ2) is 4.30. The summed E-state index contributed by atoms with van der Waals surface area (Å²) >= 11 is 6.34. The van der Waals surface area contributed by atoms with Crippen molar-refractivity contribution in [1.82, 2.24) is 0 Å². The van der Waals surface area contributed by atoms with Gasteiger partial charge >= 0.3 is 0 Å². The molecular formula is C15H14ClNO. The number of fused-ring (bicyclic) bond motifs is 3. The topological polar surface area (TPSA) is 39.2 Å². The molecule has 0 unspecified atom stereocenters. The molecule has 0 aliphatic heterocycles. The van der Waals surface area contributed by atoms with Crippen LogP contribution in [-0.4, -0.2) is 0 Å². The molecule has 0 spiro atoms. The van der Waals surface area contributed by atoms with Crippen LogP contribution >= 0.6 is 11.6 Å². The Hall–Kier alpha value is -1.51. The van der Waals surface area contributed by atoms with Gasteiger partial charge in [-0.1, -0.05) is 42.8 Å². The van der Waals surface area contributed by atoms with E-state index in [0.717, 1.165) is 38.9 Å². The number of halogens is 1. The highest BCUT2D eigenvalue weighted by atomic mass is 35.5. The lowest BCUT2D eigenvalue weighted by molar-refractivity contribution is 0.548. The molecule has 3 heteroatoms. The van der Waals surface area contributed by atoms with Crippen molar-refractivity contribution in [1.29, 1.82) is 0 Å². The van der Waals surface area contributed by atoms with Crippen molar-refractivity contribution in [2.75, 3.05) is 0 Å². The highest BCUT2D eigenvalue weighted by Crippen LogP contribution is 2.36. The lowest BCUT2D eigenvalue weighted by atomic mass is 10.0. The van der Waals surface area contributed by atoms with Gasteiger partial charge in [0, 0.05) is 26.7 Å². The van der Waals surface area contributed by atoms with Crippen LogP contribution in [0.4, 0.5) is 0 Å². The Bertz CT molecular complexity index is 730. The van der Waals surface area contributed by atoms with Crippen molar-refractivity contribution < 1.29 is 4.42 Å². The maximum Gasteiger partial charge on any atom is 0.142 e. The Kier molecular flexibility index (Phi) is 2.77. The second-order valence-electron chi connectivity index (χ2n) is 4.34. The highest BCUT2D eigenvalue weighted by molar-refractivity contribution is 6.37. The van der Waals surface area contributed by atoms with Gasteiger partial charge in [0.2, 0.25) is 0 Å². The monoisotopic (exact) mass is 259 g/mol. The number of rotatable bonds is 2. The highest BCUT2D eigenvalue weighted by Gasteiger charge is 2.15. The number of hydrogen-bond acceptors (Lipinski definition) is 2. The molecule has 92 valence electrons. The summed E-state index contributed by atoms with van der Waals surface area (Å²) in [6.45, 7) is 2.52. The van der Waals surface area contributed by atoms with Crippen LogP contribution in [0.15, 0.2) is 34.7 Å². The smallest absolute Gasteiger partial charge is 0.142 e. The predicted octanol–water partition coefficient (Wildman–Crippen LogP) is 4.26. The van der Waals surface area contributed by atoms with Crippen LogP contribution in [0.1, 0.15) is 18.2 Å². The molecule has 0 amide bonds. The Balaban J connectivity index is 2.52. The van der Waals surface area contributed by atoms with Gasteiger partial charge in [0.15, 0.2) is 0 Å². The summed E-state index contributed by atoms with van der Waals surface area (Å²) in [5.41, 5.74) is 7.81. The quantitative estimate of drug-likeness (QED) is 0.747. The first-order valence-corrected chi connectivity index (χ1v) is 6.45. The molecule has 1 heterocycles. The number of furan rings is 1. The average Bonchev–Trinajstić information content (AvgIpc) is 2.77. The van der Waals surface area contributed by atoms with Gasteiger partial charge in [0.05, 0.1) is 6.54 Å². The molecule has 2 N–H and O–H groups in total. The Morgan fingerprint density at radius 3 is 2.56 bits per heavy atom. The number of aryl methyl sites for hydroxylation is 1. The van der Waals surface area contributed by atoms with E-state index >= 15 is 0 Å². The van der Waals surface area contributed by atoms with E-state index in [4.69, 9.17) is 21.8 Å². The Morgan fingerprint density at radius 2 is 1.89 bits per heavy atom. The molecule has 0 bridgehead atoms. The molecule has 0 saturated carbocycles. The normalized spacial score (nSPS) is 11.5. The minimum absolute atomic E-state index is 0.420. The third-order valence-corrected chi connectivity index (χ3v) is 3.68. The summed E-state index contributed by atoms with van der Waals surface area (Å²) in [4.78, 5) is 0. The third kappa shape index (κ3) is 1.53. The van der Waals surface area contributed by atoms with E-state index < -0.39 is 0 Å². The van der Waals surface area contributed by atoms with Crippen LogP contribution < -0.4 is 5.73 Å². The van der Waals surface area contributed by atoms with Gasteiger partial charge < -0.3 is 10.2 Å². The largest absolute Gasteiger partial charge is 0.459 e. The van der Waals surface area contributed by atoms with Crippen molar-refractivity contribution in [3.05, 3.63) is 46.7 Å². The maximum absolute atomic E-state index is 6.34. The molecule has 0 fully saturated rings. The van der Waals surface area contributed by atoms with E-state index in [1.54, 1.807) is 0 Å². The SMILES string of the molecule is CCc1c(CN)oc2c1cc(Cl)c1ccccc12. The third-order valence-electron chi connectivity index (χ3n) is 3.37. The standard InChI is InChI=1S/C15H14ClNO/c1-2-9-12-7-13(16)10-5-3-4-6-11(10)15(12)18-14(9)8-17/h3-7H,2,8,17H2,1H3. The van der Waals surface area contributed by atoms with Crippen LogP contribution in [0.5, 0.6) is 0 Å². The molecule has 0 radical (unpaired) electrons. The minimum Gasteiger partial charge on any atom is -0.459 e. The van der Waals surface area contributed by atoms with Crippen molar-refractivity contribution in [2.45, 2.75) is 19.9 Å². The van der Waals surface area contributed by atoms with Gasteiger partial charge in [-0.25, -0.2) is 0 Å². The summed E-state index contributed by atoms with van der Waals surface area (Å²) in [6.07, 6.45) is 0.897. The molecule has 3 rings (SSSR count). The molecule has 0 aliphatic rings. The molecule has 0 atom stereocenters. The van der Waals surface area contributed by atoms with Gasteiger partial charge in [-0.05, 0) is 12.5 Å². The van der Waals surface area contributed by atoms with Gasteiger partial charge in [-0.2, -0.15) is 0 Å². The summed E-state index contributed by atoms with van der Waals surface area (Å²) in [5.74, 6) is 0.861. The van der Waals surface area contributed by atoms with Gasteiger partial charge in [-0.3, -0.25) is 0 Å². The first-order valence-electron chi connectivity index (χ1n) is 6.07. The van der Waals surface area contributed by atoms with Crippen molar-refractivity contribution in [3.8, 4) is 0 Å². The summed E-state index contributed by atoms with van der Waals surface area (Å²) < 4.78 is 5.92. The van der Waals surface area contributed by atoms with Crippen molar-refractivity contribution in [3.63, 3.8) is 0 Å². The van der Waals surface area contributed by atoms with Crippen LogP contribution in [0, 0.1) is 0 Å². The van der Waals surface area contributed by atoms with Crippen molar-refractivity contribution in [2.24, 2.45) is 5.73 Å². The molecule has 3 aromatic rings. The van der Waals surface area contributed by atoms with E-state index in [1.165, 1.54) is 5.56 Å². The zero-order valence-corrected chi connectivity index (χ0v) is 10.9. The van der Waals surface area contributed by atoms with E-state index in [2.05, 4.69) is 6.92 Å². The second-order valence-corrected chi connectivity index (χ2v) is 4.75. The van der Waals surface area contributed by atoms with Gasteiger partial charge in [0.25, 0.3) is 0 Å². The maximum atomic E-state index is 6.34. The van der Waals surface area contributed by atoms with Gasteiger partial charge in [0.1, 0.15) is 11.3 Å². The number of benzene rings is 2. The van der Waals surface area contributed by atoms with E-state index in [-0.39, 0.29) is 0 Å². The summed E-state index contributed by atoms with van der Waals surface area (Å²) in [7, 11) is 0. The zero-order chi connectivity index (χ0) is 12.7. The Labute approximate surface area is 110 Å². The Morgan fingerprint density at radius 1 is 1.17 bits per heavy atom. The van der Waals surface area contributed by atoms with E-state index in [1.807, 2.05) is 30.3 Å². The van der Waals surface area contributed by atoms with E-state index in [0.29, 0.717) is 6.54 Å². The fourth-order valence-electron chi connectivity index (χ4n) is 2.53. The first kappa shape index (κ1) is 11.6. The van der Waals surface area contributed by atoms with Gasteiger partial charge in [-0.15, -0.1) is 0 Å².